The molecule has 0 fully saturated rings. The molecule has 1 amide bonds. The van der Waals surface area contributed by atoms with Crippen LogP contribution >= 0.6 is 27.7 Å². The third kappa shape index (κ3) is 4.37. The molecule has 0 atom stereocenters. The summed E-state index contributed by atoms with van der Waals surface area (Å²) in [5, 5.41) is 12.0. The highest BCUT2D eigenvalue weighted by Crippen LogP contribution is 2.21. The van der Waals surface area contributed by atoms with Crippen molar-refractivity contribution in [3.63, 3.8) is 0 Å². The lowest BCUT2D eigenvalue weighted by Crippen LogP contribution is -2.15. The topological polar surface area (TPSA) is 49.3 Å². The number of para-hydroxylation sites is 1. The molecule has 0 aliphatic carbocycles. The van der Waals surface area contributed by atoms with E-state index >= 15 is 0 Å². The molecule has 2 N–H and O–H groups in total. The third-order valence-corrected chi connectivity index (χ3v) is 4.19. The van der Waals surface area contributed by atoms with Gasteiger partial charge in [0.05, 0.1) is 12.4 Å². The molecule has 5 heteroatoms. The van der Waals surface area contributed by atoms with E-state index in [4.69, 9.17) is 0 Å². The van der Waals surface area contributed by atoms with E-state index in [1.165, 1.54) is 11.8 Å². The van der Waals surface area contributed by atoms with E-state index in [9.17, 15) is 9.90 Å². The minimum absolute atomic E-state index is 0.0844. The maximum Gasteiger partial charge on any atom is 0.234 e. The van der Waals surface area contributed by atoms with Gasteiger partial charge in [-0.25, -0.2) is 0 Å². The Kier molecular flexibility index (Phi) is 5.64. The van der Waals surface area contributed by atoms with Gasteiger partial charge in [-0.05, 0) is 30.3 Å². The highest BCUT2D eigenvalue weighted by molar-refractivity contribution is 9.10. The smallest absolute Gasteiger partial charge is 0.234 e. The summed E-state index contributed by atoms with van der Waals surface area (Å²) in [6.07, 6.45) is 0. The Balaban J connectivity index is 1.91. The average Bonchev–Trinajstić information content (AvgIpc) is 2.47. The largest absolute Gasteiger partial charge is 0.392 e. The number of nitrogens with one attached hydrogen (secondary N) is 1. The van der Waals surface area contributed by atoms with Gasteiger partial charge in [-0.1, -0.05) is 34.1 Å². The van der Waals surface area contributed by atoms with Crippen molar-refractivity contribution in [1.82, 2.24) is 0 Å². The molecule has 2 aromatic carbocycles. The van der Waals surface area contributed by atoms with E-state index < -0.39 is 0 Å². The second-order valence-electron chi connectivity index (χ2n) is 4.11. The van der Waals surface area contributed by atoms with Crippen molar-refractivity contribution in [1.29, 1.82) is 0 Å². The number of amides is 1. The Morgan fingerprint density at radius 1 is 1.15 bits per heavy atom. The molecular formula is C15H14BrNO2S. The molecule has 0 aliphatic heterocycles. The number of hydrogen-bond acceptors (Lipinski definition) is 3. The molecule has 0 heterocycles. The molecule has 0 saturated heterocycles. The number of hydrogen-bond donors (Lipinski definition) is 2. The number of anilines is 1. The van der Waals surface area contributed by atoms with Gasteiger partial charge >= 0.3 is 0 Å². The normalized spacial score (nSPS) is 10.3. The standard InChI is InChI=1S/C15H14BrNO2S/c16-12-5-7-13(8-6-12)20-10-15(19)17-14-4-2-1-3-11(14)9-18/h1-8,18H,9-10H2,(H,17,19). The van der Waals surface area contributed by atoms with E-state index in [1.54, 1.807) is 12.1 Å². The first-order valence-electron chi connectivity index (χ1n) is 6.06. The number of benzene rings is 2. The van der Waals surface area contributed by atoms with Crippen molar-refractivity contribution in [3.05, 3.63) is 58.6 Å². The quantitative estimate of drug-likeness (QED) is 0.808. The monoisotopic (exact) mass is 351 g/mol. The average molecular weight is 352 g/mol. The number of halogens is 1. The van der Waals surface area contributed by atoms with Crippen LogP contribution in [0.1, 0.15) is 5.56 Å². The molecular weight excluding hydrogens is 338 g/mol. The van der Waals surface area contributed by atoms with Gasteiger partial charge in [-0.3, -0.25) is 4.79 Å². The zero-order valence-corrected chi connectivity index (χ0v) is 13.1. The molecule has 0 saturated carbocycles. The maximum absolute atomic E-state index is 11.9. The van der Waals surface area contributed by atoms with Crippen LogP contribution < -0.4 is 5.32 Å². The van der Waals surface area contributed by atoms with Crippen LogP contribution in [0.15, 0.2) is 57.9 Å². The first kappa shape index (κ1) is 15.1. The molecule has 3 nitrogen and oxygen atoms in total. The van der Waals surface area contributed by atoms with Crippen LogP contribution in [-0.4, -0.2) is 16.8 Å². The van der Waals surface area contributed by atoms with Crippen molar-refractivity contribution in [2.75, 3.05) is 11.1 Å². The number of aliphatic hydroxyl groups excluding tert-OH is 1. The Morgan fingerprint density at radius 3 is 2.55 bits per heavy atom. The van der Waals surface area contributed by atoms with Crippen molar-refractivity contribution < 1.29 is 9.90 Å². The summed E-state index contributed by atoms with van der Waals surface area (Å²) >= 11 is 4.85. The lowest BCUT2D eigenvalue weighted by molar-refractivity contribution is -0.113. The van der Waals surface area contributed by atoms with Gasteiger partial charge in [0.25, 0.3) is 0 Å². The highest BCUT2D eigenvalue weighted by Gasteiger charge is 2.06. The summed E-state index contributed by atoms with van der Waals surface area (Å²) in [5.74, 6) is 0.250. The van der Waals surface area contributed by atoms with Crippen molar-refractivity contribution in [2.45, 2.75) is 11.5 Å². The Hall–Kier alpha value is -1.30. The zero-order chi connectivity index (χ0) is 14.4. The number of aliphatic hydroxyl groups is 1. The highest BCUT2D eigenvalue weighted by atomic mass is 79.9. The fraction of sp³-hybridized carbons (Fsp3) is 0.133. The first-order chi connectivity index (χ1) is 9.69. The van der Waals surface area contributed by atoms with Gasteiger partial charge in [0.1, 0.15) is 0 Å². The van der Waals surface area contributed by atoms with E-state index in [0.29, 0.717) is 11.4 Å². The predicted octanol–water partition coefficient (Wildman–Crippen LogP) is 3.67. The molecule has 0 bridgehead atoms. The summed E-state index contributed by atoms with van der Waals surface area (Å²) in [6.45, 7) is -0.0870. The van der Waals surface area contributed by atoms with Gasteiger partial charge in [0.2, 0.25) is 5.91 Å². The number of carbonyl (C=O) groups is 1. The third-order valence-electron chi connectivity index (χ3n) is 2.65. The molecule has 0 aliphatic rings. The van der Waals surface area contributed by atoms with Crippen LogP contribution in [-0.2, 0) is 11.4 Å². The van der Waals surface area contributed by atoms with Crippen LogP contribution in [0.4, 0.5) is 5.69 Å². The molecule has 0 aromatic heterocycles. The Morgan fingerprint density at radius 2 is 1.85 bits per heavy atom. The summed E-state index contributed by atoms with van der Waals surface area (Å²) in [4.78, 5) is 12.9. The van der Waals surface area contributed by atoms with E-state index in [1.807, 2.05) is 36.4 Å². The molecule has 0 radical (unpaired) electrons. The molecule has 0 unspecified atom stereocenters. The molecule has 20 heavy (non-hydrogen) atoms. The Labute approximate surface area is 130 Å². The lowest BCUT2D eigenvalue weighted by atomic mass is 10.2. The van der Waals surface area contributed by atoms with Crippen LogP contribution in [0, 0.1) is 0 Å². The second-order valence-corrected chi connectivity index (χ2v) is 6.07. The number of thioether (sulfide) groups is 1. The van der Waals surface area contributed by atoms with Crippen molar-refractivity contribution in [3.8, 4) is 0 Å². The SMILES string of the molecule is O=C(CSc1ccc(Br)cc1)Nc1ccccc1CO. The summed E-state index contributed by atoms with van der Waals surface area (Å²) < 4.78 is 1.02. The van der Waals surface area contributed by atoms with Crippen LogP contribution in [0.2, 0.25) is 0 Å². The summed E-state index contributed by atoms with van der Waals surface area (Å²) in [5.41, 5.74) is 1.38. The van der Waals surface area contributed by atoms with E-state index in [2.05, 4.69) is 21.2 Å². The predicted molar refractivity (Wildman–Crippen MR) is 85.9 cm³/mol. The van der Waals surface area contributed by atoms with Gasteiger partial charge in [0.15, 0.2) is 0 Å². The van der Waals surface area contributed by atoms with Crippen LogP contribution in [0.3, 0.4) is 0 Å². The van der Waals surface area contributed by atoms with Gasteiger partial charge < -0.3 is 10.4 Å². The van der Waals surface area contributed by atoms with Crippen LogP contribution in [0.5, 0.6) is 0 Å². The van der Waals surface area contributed by atoms with Gasteiger partial charge in [-0.2, -0.15) is 0 Å². The number of carbonyl (C=O) groups excluding carboxylic acids is 1. The minimum Gasteiger partial charge on any atom is -0.392 e. The van der Waals surface area contributed by atoms with Gasteiger partial charge in [-0.15, -0.1) is 11.8 Å². The molecule has 2 aromatic rings. The molecule has 0 spiro atoms. The summed E-state index contributed by atoms with van der Waals surface area (Å²) in [7, 11) is 0. The second kappa shape index (κ2) is 7.47. The van der Waals surface area contributed by atoms with Crippen molar-refractivity contribution >= 4 is 39.3 Å². The Bertz CT molecular complexity index is 587. The lowest BCUT2D eigenvalue weighted by Gasteiger charge is -2.09. The fourth-order valence-electron chi connectivity index (χ4n) is 1.65. The molecule has 2 rings (SSSR count). The molecule has 104 valence electrons. The zero-order valence-electron chi connectivity index (χ0n) is 10.7. The first-order valence-corrected chi connectivity index (χ1v) is 7.84. The minimum atomic E-state index is -0.0870. The van der Waals surface area contributed by atoms with E-state index in [-0.39, 0.29) is 12.5 Å². The fourth-order valence-corrected chi connectivity index (χ4v) is 2.61. The number of rotatable bonds is 5. The van der Waals surface area contributed by atoms with E-state index in [0.717, 1.165) is 14.9 Å². The maximum atomic E-state index is 11.9. The van der Waals surface area contributed by atoms with Crippen molar-refractivity contribution in [2.24, 2.45) is 0 Å². The summed E-state index contributed by atoms with van der Waals surface area (Å²) in [6, 6.07) is 15.1. The van der Waals surface area contributed by atoms with Gasteiger partial charge in [0, 0.05) is 20.6 Å². The van der Waals surface area contributed by atoms with Crippen LogP contribution in [0.25, 0.3) is 0 Å².